The Hall–Kier alpha value is -2.77. The average molecular weight is 393 g/mol. The summed E-state index contributed by atoms with van der Waals surface area (Å²) in [5, 5.41) is 0. The van der Waals surface area contributed by atoms with Gasteiger partial charge >= 0.3 is 0 Å². The molecule has 0 bridgehead atoms. The SMILES string of the molecule is CC(=O)c1cccc(N2C(=O)C(=Cc3nc4ccccc4n3C)SC2=S)c1. The summed E-state index contributed by atoms with van der Waals surface area (Å²) in [4.78, 5) is 31.1. The fraction of sp³-hybridized carbons (Fsp3) is 0.100. The van der Waals surface area contributed by atoms with Crippen molar-refractivity contribution >= 4 is 62.8 Å². The third-order valence-corrected chi connectivity index (χ3v) is 5.69. The van der Waals surface area contributed by atoms with Crippen molar-refractivity contribution in [3.8, 4) is 0 Å². The van der Waals surface area contributed by atoms with Crippen molar-refractivity contribution in [3.05, 3.63) is 64.8 Å². The van der Waals surface area contributed by atoms with E-state index in [-0.39, 0.29) is 11.7 Å². The van der Waals surface area contributed by atoms with Crippen molar-refractivity contribution in [2.24, 2.45) is 7.05 Å². The van der Waals surface area contributed by atoms with E-state index in [1.165, 1.54) is 23.6 Å². The number of rotatable bonds is 3. The number of benzene rings is 2. The Bertz CT molecular complexity index is 1150. The molecule has 2 heterocycles. The van der Waals surface area contributed by atoms with E-state index < -0.39 is 0 Å². The lowest BCUT2D eigenvalue weighted by molar-refractivity contribution is -0.113. The van der Waals surface area contributed by atoms with Crippen LogP contribution in [0.15, 0.2) is 53.4 Å². The number of imidazole rings is 1. The first-order chi connectivity index (χ1) is 13.0. The molecule has 0 saturated carbocycles. The zero-order valence-corrected chi connectivity index (χ0v) is 16.3. The third-order valence-electron chi connectivity index (χ3n) is 4.39. The number of hydrogen-bond acceptors (Lipinski definition) is 5. The van der Waals surface area contributed by atoms with Gasteiger partial charge in [0.1, 0.15) is 5.82 Å². The number of Topliss-reactive ketones (excluding diaryl/α,β-unsaturated/α-hetero) is 1. The van der Waals surface area contributed by atoms with Crippen LogP contribution in [0.2, 0.25) is 0 Å². The van der Waals surface area contributed by atoms with Gasteiger partial charge < -0.3 is 4.57 Å². The van der Waals surface area contributed by atoms with Crippen LogP contribution in [0.3, 0.4) is 0 Å². The van der Waals surface area contributed by atoms with E-state index in [4.69, 9.17) is 12.2 Å². The molecule has 1 amide bonds. The van der Waals surface area contributed by atoms with Gasteiger partial charge in [-0.2, -0.15) is 0 Å². The lowest BCUT2D eigenvalue weighted by Gasteiger charge is -2.15. The van der Waals surface area contributed by atoms with Gasteiger partial charge in [0.05, 0.1) is 21.6 Å². The molecule has 0 aliphatic carbocycles. The molecule has 0 spiro atoms. The lowest BCUT2D eigenvalue weighted by atomic mass is 10.1. The number of aryl methyl sites for hydroxylation is 1. The topological polar surface area (TPSA) is 55.2 Å². The number of aromatic nitrogens is 2. The highest BCUT2D eigenvalue weighted by atomic mass is 32.2. The first kappa shape index (κ1) is 17.6. The molecule has 134 valence electrons. The molecule has 4 rings (SSSR count). The first-order valence-electron chi connectivity index (χ1n) is 8.26. The largest absolute Gasteiger partial charge is 0.328 e. The molecule has 2 aromatic carbocycles. The molecule has 0 atom stereocenters. The number of nitrogens with zero attached hydrogens (tertiary/aromatic N) is 3. The second-order valence-electron chi connectivity index (χ2n) is 6.14. The van der Waals surface area contributed by atoms with E-state index in [1.807, 2.05) is 35.9 Å². The Balaban J connectivity index is 1.72. The molecule has 5 nitrogen and oxygen atoms in total. The Labute approximate surface area is 165 Å². The van der Waals surface area contributed by atoms with Crippen LogP contribution in [0.4, 0.5) is 5.69 Å². The maximum absolute atomic E-state index is 13.0. The number of thiocarbonyl (C=S) groups is 1. The summed E-state index contributed by atoms with van der Waals surface area (Å²) in [5.74, 6) is 0.421. The number of para-hydroxylation sites is 2. The monoisotopic (exact) mass is 393 g/mol. The van der Waals surface area contributed by atoms with E-state index >= 15 is 0 Å². The maximum Gasteiger partial charge on any atom is 0.270 e. The summed E-state index contributed by atoms with van der Waals surface area (Å²) in [6, 6.07) is 14.7. The molecule has 0 N–H and O–H groups in total. The van der Waals surface area contributed by atoms with Gasteiger partial charge in [-0.25, -0.2) is 4.98 Å². The summed E-state index contributed by atoms with van der Waals surface area (Å²) < 4.78 is 2.38. The fourth-order valence-electron chi connectivity index (χ4n) is 2.96. The van der Waals surface area contributed by atoms with Crippen LogP contribution in [0.1, 0.15) is 23.1 Å². The van der Waals surface area contributed by atoms with Gasteiger partial charge in [-0.05, 0) is 31.2 Å². The average Bonchev–Trinajstić information content (AvgIpc) is 3.12. The van der Waals surface area contributed by atoms with Gasteiger partial charge in [-0.1, -0.05) is 48.2 Å². The summed E-state index contributed by atoms with van der Waals surface area (Å²) in [5.41, 5.74) is 3.00. The van der Waals surface area contributed by atoms with Gasteiger partial charge in [-0.15, -0.1) is 0 Å². The van der Waals surface area contributed by atoms with Crippen molar-refractivity contribution < 1.29 is 9.59 Å². The quantitative estimate of drug-likeness (QED) is 0.380. The number of ketones is 1. The highest BCUT2D eigenvalue weighted by Gasteiger charge is 2.33. The Morgan fingerprint density at radius 1 is 1.19 bits per heavy atom. The summed E-state index contributed by atoms with van der Waals surface area (Å²) in [6.45, 7) is 1.50. The van der Waals surface area contributed by atoms with E-state index in [2.05, 4.69) is 4.98 Å². The van der Waals surface area contributed by atoms with Crippen molar-refractivity contribution in [3.63, 3.8) is 0 Å². The fourth-order valence-corrected chi connectivity index (χ4v) is 4.23. The van der Waals surface area contributed by atoms with Gasteiger partial charge in [0.25, 0.3) is 5.91 Å². The predicted octanol–water partition coefficient (Wildman–Crippen LogP) is 4.18. The predicted molar refractivity (Wildman–Crippen MR) is 113 cm³/mol. The molecule has 1 aromatic heterocycles. The molecular weight excluding hydrogens is 378 g/mol. The minimum Gasteiger partial charge on any atom is -0.328 e. The second-order valence-corrected chi connectivity index (χ2v) is 7.82. The number of amides is 1. The van der Waals surface area contributed by atoms with E-state index in [9.17, 15) is 9.59 Å². The molecule has 3 aromatic rings. The minimum atomic E-state index is -0.210. The molecule has 1 saturated heterocycles. The normalized spacial score (nSPS) is 15.9. The van der Waals surface area contributed by atoms with Crippen LogP contribution in [-0.4, -0.2) is 25.6 Å². The summed E-state index contributed by atoms with van der Waals surface area (Å²) in [7, 11) is 1.91. The van der Waals surface area contributed by atoms with Crippen molar-refractivity contribution in [1.29, 1.82) is 0 Å². The standard InChI is InChI=1S/C20H15N3O2S2/c1-12(24)13-6-5-7-14(10-13)23-19(25)17(27-20(23)26)11-18-21-15-8-3-4-9-16(15)22(18)2/h3-11H,1-2H3. The lowest BCUT2D eigenvalue weighted by Crippen LogP contribution is -2.27. The zero-order valence-electron chi connectivity index (χ0n) is 14.7. The smallest absolute Gasteiger partial charge is 0.270 e. The van der Waals surface area contributed by atoms with Gasteiger partial charge in [0.15, 0.2) is 10.1 Å². The molecule has 1 aliphatic heterocycles. The Morgan fingerprint density at radius 2 is 1.96 bits per heavy atom. The van der Waals surface area contributed by atoms with Crippen LogP contribution in [0, 0.1) is 0 Å². The Kier molecular flexibility index (Phi) is 4.41. The number of hydrogen-bond donors (Lipinski definition) is 0. The maximum atomic E-state index is 13.0. The molecule has 0 radical (unpaired) electrons. The number of anilines is 1. The van der Waals surface area contributed by atoms with E-state index in [0.29, 0.717) is 26.3 Å². The third kappa shape index (κ3) is 3.09. The molecule has 27 heavy (non-hydrogen) atoms. The van der Waals surface area contributed by atoms with Crippen LogP contribution in [0.25, 0.3) is 17.1 Å². The number of thioether (sulfide) groups is 1. The number of carbonyl (C=O) groups is 2. The van der Waals surface area contributed by atoms with E-state index in [0.717, 1.165) is 11.0 Å². The molecular formula is C20H15N3O2S2. The second kappa shape index (κ2) is 6.75. The molecule has 0 unspecified atom stereocenters. The van der Waals surface area contributed by atoms with Crippen LogP contribution >= 0.6 is 24.0 Å². The highest BCUT2D eigenvalue weighted by molar-refractivity contribution is 8.27. The molecule has 7 heteroatoms. The summed E-state index contributed by atoms with van der Waals surface area (Å²) in [6.07, 6.45) is 1.76. The Morgan fingerprint density at radius 3 is 2.70 bits per heavy atom. The van der Waals surface area contributed by atoms with E-state index in [1.54, 1.807) is 30.3 Å². The van der Waals surface area contributed by atoms with Crippen LogP contribution in [0.5, 0.6) is 0 Å². The number of carbonyl (C=O) groups excluding carboxylic acids is 2. The van der Waals surface area contributed by atoms with Crippen molar-refractivity contribution in [2.45, 2.75) is 6.92 Å². The first-order valence-corrected chi connectivity index (χ1v) is 9.48. The minimum absolute atomic E-state index is 0.0578. The van der Waals surface area contributed by atoms with Crippen LogP contribution < -0.4 is 4.90 Å². The number of fused-ring (bicyclic) bond motifs is 1. The van der Waals surface area contributed by atoms with Crippen molar-refractivity contribution in [1.82, 2.24) is 9.55 Å². The van der Waals surface area contributed by atoms with Gasteiger partial charge in [0, 0.05) is 18.7 Å². The van der Waals surface area contributed by atoms with Crippen molar-refractivity contribution in [2.75, 3.05) is 4.90 Å². The molecule has 1 fully saturated rings. The van der Waals surface area contributed by atoms with Gasteiger partial charge in [0.2, 0.25) is 0 Å². The highest BCUT2D eigenvalue weighted by Crippen LogP contribution is 2.36. The zero-order chi connectivity index (χ0) is 19.1. The van der Waals surface area contributed by atoms with Gasteiger partial charge in [-0.3, -0.25) is 14.5 Å². The van der Waals surface area contributed by atoms with Crippen LogP contribution in [-0.2, 0) is 11.8 Å². The molecule has 1 aliphatic rings. The summed E-state index contributed by atoms with van der Waals surface area (Å²) >= 11 is 6.65.